The van der Waals surface area contributed by atoms with Gasteiger partial charge < -0.3 is 36.6 Å². The molecule has 2 unspecified atom stereocenters. The summed E-state index contributed by atoms with van der Waals surface area (Å²) < 4.78 is 0. The number of benzene rings is 1. The molecule has 0 aromatic heterocycles. The van der Waals surface area contributed by atoms with Crippen LogP contribution in [-0.4, -0.2) is 79.7 Å². The number of ketones is 2. The number of aliphatic hydroxyl groups excluding tert-OH is 3. The van der Waals surface area contributed by atoms with Gasteiger partial charge in [-0.1, -0.05) is 77.9 Å². The lowest BCUT2D eigenvalue weighted by atomic mass is 9.54. The summed E-state index contributed by atoms with van der Waals surface area (Å²) in [7, 11) is 3.07. The molecule has 0 saturated heterocycles. The lowest BCUT2D eigenvalue weighted by molar-refractivity contribution is -0.169. The zero-order chi connectivity index (χ0) is 34.1. The highest BCUT2D eigenvalue weighted by Crippen LogP contribution is 2.56. The molecule has 1 fully saturated rings. The van der Waals surface area contributed by atoms with Gasteiger partial charge in [0.05, 0.1) is 34.9 Å². The number of nitrogens with one attached hydrogen (secondary N) is 1. The predicted octanol–water partition coefficient (Wildman–Crippen LogP) is 4.34. The number of hydrogen-bond donors (Lipinski definition) is 7. The smallest absolute Gasteiger partial charge is 0.224 e. The van der Waals surface area contributed by atoms with Gasteiger partial charge in [0, 0.05) is 23.6 Å². The molecule has 252 valence electrons. The number of phenols is 1. The number of Topliss-reactive ketones (excluding diaryl/α,β-unsaturated/α-hetero) is 2. The zero-order valence-electron chi connectivity index (χ0n) is 27.3. The van der Waals surface area contributed by atoms with Gasteiger partial charge in [0.25, 0.3) is 0 Å². The van der Waals surface area contributed by atoms with Gasteiger partial charge in [-0.15, -0.1) is 0 Å². The average molecular weight is 640 g/mol. The number of unbranched alkanes of at least 4 members (excludes halogenated alkanes) is 8. The molecule has 0 spiro atoms. The molecule has 3 aliphatic carbocycles. The van der Waals surface area contributed by atoms with E-state index >= 15 is 0 Å². The highest BCUT2D eigenvalue weighted by Gasteiger charge is 2.67. The van der Waals surface area contributed by atoms with E-state index in [0.29, 0.717) is 12.0 Å². The summed E-state index contributed by atoms with van der Waals surface area (Å²) in [6.07, 6.45) is 8.61. The number of likely N-dealkylation sites (N-methyl/N-ethyl adjacent to an activating group) is 1. The average Bonchev–Trinajstić information content (AvgIpc) is 2.99. The largest absolute Gasteiger partial charge is 0.508 e. The minimum atomic E-state index is -2.83. The van der Waals surface area contributed by atoms with Crippen molar-refractivity contribution in [1.82, 2.24) is 4.90 Å². The van der Waals surface area contributed by atoms with Crippen molar-refractivity contribution in [2.75, 3.05) is 19.4 Å². The van der Waals surface area contributed by atoms with Gasteiger partial charge in [-0.25, -0.2) is 0 Å². The van der Waals surface area contributed by atoms with E-state index in [2.05, 4.69) is 18.8 Å². The molecule has 0 heterocycles. The second-order valence-electron chi connectivity index (χ2n) is 13.3. The van der Waals surface area contributed by atoms with Crippen molar-refractivity contribution in [3.63, 3.8) is 0 Å². The third kappa shape index (κ3) is 5.96. The van der Waals surface area contributed by atoms with Crippen molar-refractivity contribution in [2.45, 2.75) is 102 Å². The number of phenolic OH excluding ortho intramolecular Hbond substituents is 1. The van der Waals surface area contributed by atoms with Crippen LogP contribution in [0, 0.1) is 11.8 Å². The minimum absolute atomic E-state index is 0.0401. The van der Waals surface area contributed by atoms with Crippen LogP contribution in [0.25, 0.3) is 5.76 Å². The molecular formula is C35H49N3O8. The Bertz CT molecular complexity index is 1460. The molecule has 1 saturated carbocycles. The molecule has 1 aromatic carbocycles. The molecule has 11 nitrogen and oxygen atoms in total. The van der Waals surface area contributed by atoms with Crippen LogP contribution in [0.2, 0.25) is 0 Å². The van der Waals surface area contributed by atoms with Crippen molar-refractivity contribution in [3.05, 3.63) is 52.4 Å². The Hall–Kier alpha value is -3.67. The van der Waals surface area contributed by atoms with Crippen molar-refractivity contribution in [3.8, 4) is 5.75 Å². The van der Waals surface area contributed by atoms with Crippen LogP contribution in [-0.2, 0) is 14.4 Å². The fourth-order valence-corrected chi connectivity index (χ4v) is 7.60. The number of hydrogen-bond acceptors (Lipinski definition) is 10. The van der Waals surface area contributed by atoms with E-state index in [1.165, 1.54) is 57.2 Å². The van der Waals surface area contributed by atoms with Crippen molar-refractivity contribution in [1.29, 1.82) is 0 Å². The number of carbonyl (C=O) groups excluding carboxylic acids is 3. The molecule has 46 heavy (non-hydrogen) atoms. The number of rotatable bonds is 13. The van der Waals surface area contributed by atoms with E-state index in [9.17, 15) is 39.9 Å². The van der Waals surface area contributed by atoms with Crippen LogP contribution in [0.5, 0.6) is 5.75 Å². The summed E-state index contributed by atoms with van der Waals surface area (Å²) >= 11 is 0. The van der Waals surface area contributed by atoms with E-state index < -0.39 is 75.5 Å². The van der Waals surface area contributed by atoms with E-state index in [0.717, 1.165) is 19.3 Å². The minimum Gasteiger partial charge on any atom is -0.508 e. The van der Waals surface area contributed by atoms with Crippen LogP contribution >= 0.6 is 0 Å². The quantitative estimate of drug-likeness (QED) is 0.121. The summed E-state index contributed by atoms with van der Waals surface area (Å²) in [5.41, 5.74) is 1.99. The Labute approximate surface area is 270 Å². The number of nitrogens with zero attached hydrogens (tertiary/aromatic N) is 1. The Balaban J connectivity index is 1.62. The third-order valence-electron chi connectivity index (χ3n) is 9.99. The fraction of sp³-hybridized carbons (Fsp3) is 0.571. The zero-order valence-corrected chi connectivity index (χ0v) is 27.3. The van der Waals surface area contributed by atoms with Gasteiger partial charge in [0.1, 0.15) is 17.3 Å². The van der Waals surface area contributed by atoms with E-state index in [1.54, 1.807) is 13.0 Å². The molecule has 0 bridgehead atoms. The lowest BCUT2D eigenvalue weighted by Gasteiger charge is -2.54. The fourth-order valence-electron chi connectivity index (χ4n) is 7.60. The summed E-state index contributed by atoms with van der Waals surface area (Å²) in [5, 5.41) is 60.3. The van der Waals surface area contributed by atoms with Gasteiger partial charge >= 0.3 is 0 Å². The Kier molecular flexibility index (Phi) is 10.7. The van der Waals surface area contributed by atoms with Crippen LogP contribution in [0.3, 0.4) is 0 Å². The van der Waals surface area contributed by atoms with Gasteiger partial charge in [-0.3, -0.25) is 19.3 Å². The van der Waals surface area contributed by atoms with Gasteiger partial charge in [-0.2, -0.15) is 0 Å². The number of nitrogens with two attached hydrogens (primary N) is 1. The highest BCUT2D eigenvalue weighted by molar-refractivity contribution is 6.15. The third-order valence-corrected chi connectivity index (χ3v) is 9.99. The molecule has 0 radical (unpaired) electrons. The standard InChI is InChI=1S/C35H49N3O8/c1-6-7-8-9-10-11-12-13-14-15-22(39)37-21-17-16-20-18(2)23-26(30(41)25(20)29(21)40)34(45)35(46)27(31(23)42)28(38(4)5)32(43)24(19(3)36)33(35)44/h16-18,23,27-28,31,40-42,44,46H,3,6-15,36H2,1-2,4-5H3,(H,37,39)/t18-,23?,27?,28-,31-,35+/m0/s1. The summed E-state index contributed by atoms with van der Waals surface area (Å²) in [5.74, 6) is -7.64. The van der Waals surface area contributed by atoms with Crippen molar-refractivity contribution < 1.29 is 39.9 Å². The number of aliphatic hydroxyl groups is 4. The Morgan fingerprint density at radius 2 is 1.61 bits per heavy atom. The molecule has 0 aliphatic heterocycles. The number of allylic oxidation sites excluding steroid dienone is 1. The first-order chi connectivity index (χ1) is 21.7. The van der Waals surface area contributed by atoms with E-state index in [4.69, 9.17) is 5.73 Å². The molecule has 8 N–H and O–H groups in total. The summed E-state index contributed by atoms with van der Waals surface area (Å²) in [6.45, 7) is 7.40. The first-order valence-corrected chi connectivity index (χ1v) is 16.3. The number of amides is 1. The maximum absolute atomic E-state index is 14.2. The maximum atomic E-state index is 14.2. The van der Waals surface area contributed by atoms with Gasteiger partial charge in [0.2, 0.25) is 11.7 Å². The topological polar surface area (TPSA) is 194 Å². The molecular weight excluding hydrogens is 590 g/mol. The monoisotopic (exact) mass is 639 g/mol. The molecule has 11 heteroatoms. The van der Waals surface area contributed by atoms with Crippen LogP contribution in [0.1, 0.15) is 95.1 Å². The number of carbonyl (C=O) groups is 3. The normalized spacial score (nSPS) is 27.4. The number of fused-ring (bicyclic) bond motifs is 3. The Morgan fingerprint density at radius 3 is 2.17 bits per heavy atom. The SMILES string of the molecule is C=C(N)C1=C(O)[C@@]2(O)C(=O)C3=C(O)c4c(ccc(NC(=O)CCCCCCCCCCC)c4O)[C@H](C)C3[C@H](O)C2[C@H](N(C)C)C1=O. The number of anilines is 1. The molecule has 4 rings (SSSR count). The van der Waals surface area contributed by atoms with E-state index in [-0.39, 0.29) is 29.3 Å². The second kappa shape index (κ2) is 14.0. The van der Waals surface area contributed by atoms with Crippen LogP contribution in [0.4, 0.5) is 5.69 Å². The molecule has 6 atom stereocenters. The Morgan fingerprint density at radius 1 is 1.02 bits per heavy atom. The van der Waals surface area contributed by atoms with E-state index in [1.807, 2.05) is 0 Å². The number of aromatic hydroxyl groups is 1. The highest BCUT2D eigenvalue weighted by atomic mass is 16.4. The van der Waals surface area contributed by atoms with Crippen LogP contribution < -0.4 is 11.1 Å². The molecule has 3 aliphatic rings. The van der Waals surface area contributed by atoms with Gasteiger partial charge in [0.15, 0.2) is 11.4 Å². The molecule has 1 amide bonds. The first kappa shape index (κ1) is 35.2. The van der Waals surface area contributed by atoms with Crippen LogP contribution in [0.15, 0.2) is 41.3 Å². The maximum Gasteiger partial charge on any atom is 0.224 e. The second-order valence-corrected chi connectivity index (χ2v) is 13.3. The summed E-state index contributed by atoms with van der Waals surface area (Å²) in [6, 6.07) is 1.84. The molecule has 1 aromatic rings. The predicted molar refractivity (Wildman–Crippen MR) is 175 cm³/mol. The lowest BCUT2D eigenvalue weighted by Crippen LogP contribution is -2.70. The van der Waals surface area contributed by atoms with Crippen molar-refractivity contribution >= 4 is 28.9 Å². The van der Waals surface area contributed by atoms with Crippen molar-refractivity contribution in [2.24, 2.45) is 17.6 Å². The first-order valence-electron chi connectivity index (χ1n) is 16.3. The summed E-state index contributed by atoms with van der Waals surface area (Å²) in [4.78, 5) is 41.8. The van der Waals surface area contributed by atoms with Gasteiger partial charge in [-0.05, 0) is 38.1 Å².